The van der Waals surface area contributed by atoms with Crippen molar-refractivity contribution in [3.05, 3.63) is 113 Å². The summed E-state index contributed by atoms with van der Waals surface area (Å²) in [4.78, 5) is 29.9. The lowest BCUT2D eigenvalue weighted by Gasteiger charge is -2.15. The molecule has 1 N–H and O–H groups in total. The molecular formula is C35H30ClNO5S. The number of ether oxygens (including phenoxy) is 2. The van der Waals surface area contributed by atoms with Crippen LogP contribution in [0.3, 0.4) is 0 Å². The van der Waals surface area contributed by atoms with Gasteiger partial charge in [0.2, 0.25) is 0 Å². The Morgan fingerprint density at radius 3 is 2.44 bits per heavy atom. The van der Waals surface area contributed by atoms with E-state index in [1.807, 2.05) is 12.1 Å². The number of fused-ring (bicyclic) bond motifs is 1. The molecule has 0 bridgehead atoms. The minimum atomic E-state index is -0.522. The van der Waals surface area contributed by atoms with Crippen LogP contribution in [0.4, 0.5) is 0 Å². The number of esters is 1. The molecule has 1 saturated heterocycles. The van der Waals surface area contributed by atoms with E-state index >= 15 is 0 Å². The van der Waals surface area contributed by atoms with Crippen LogP contribution in [-0.4, -0.2) is 48.0 Å². The van der Waals surface area contributed by atoms with E-state index in [0.717, 1.165) is 51.8 Å². The average Bonchev–Trinajstić information content (AvgIpc) is 3.60. The fourth-order valence-electron chi connectivity index (χ4n) is 5.33. The molecule has 1 aliphatic rings. The second-order valence-corrected chi connectivity index (χ2v) is 12.3. The zero-order valence-corrected chi connectivity index (χ0v) is 25.2. The van der Waals surface area contributed by atoms with Crippen LogP contribution in [0.25, 0.3) is 20.5 Å². The highest BCUT2D eigenvalue weighted by atomic mass is 35.5. The molecule has 1 fully saturated rings. The van der Waals surface area contributed by atoms with Crippen molar-refractivity contribution < 1.29 is 24.2 Å². The smallest absolute Gasteiger partial charge is 0.343 e. The molecule has 4 aromatic carbocycles. The number of ketones is 1. The molecule has 0 spiro atoms. The lowest BCUT2D eigenvalue weighted by Crippen LogP contribution is -2.25. The van der Waals surface area contributed by atoms with Crippen LogP contribution >= 0.6 is 22.9 Å². The highest BCUT2D eigenvalue weighted by Gasteiger charge is 2.23. The molecule has 0 amide bonds. The zero-order chi connectivity index (χ0) is 29.9. The minimum absolute atomic E-state index is 0.129. The number of halogens is 1. The maximum atomic E-state index is 14.0. The van der Waals surface area contributed by atoms with Gasteiger partial charge in [0, 0.05) is 44.2 Å². The monoisotopic (exact) mass is 611 g/mol. The average molecular weight is 612 g/mol. The number of phenolic OH excluding ortho intramolecular Hbond substituents is 1. The van der Waals surface area contributed by atoms with Gasteiger partial charge in [-0.1, -0.05) is 24.6 Å². The van der Waals surface area contributed by atoms with Crippen LogP contribution in [0.15, 0.2) is 91.0 Å². The van der Waals surface area contributed by atoms with Crippen molar-refractivity contribution in [1.29, 1.82) is 0 Å². The minimum Gasteiger partial charge on any atom is -0.508 e. The fourth-order valence-corrected chi connectivity index (χ4v) is 6.76. The van der Waals surface area contributed by atoms with E-state index in [9.17, 15) is 14.7 Å². The van der Waals surface area contributed by atoms with Crippen molar-refractivity contribution in [1.82, 2.24) is 4.90 Å². The molecule has 0 aliphatic carbocycles. The van der Waals surface area contributed by atoms with Gasteiger partial charge in [0.25, 0.3) is 0 Å². The molecule has 1 aliphatic heterocycles. The summed E-state index contributed by atoms with van der Waals surface area (Å²) in [6.07, 6.45) is 1.23. The summed E-state index contributed by atoms with van der Waals surface area (Å²) in [6, 6.07) is 25.9. The topological polar surface area (TPSA) is 76.1 Å². The summed E-state index contributed by atoms with van der Waals surface area (Å²) in [5.74, 6) is 1.31. The summed E-state index contributed by atoms with van der Waals surface area (Å²) in [7, 11) is 0. The molecule has 43 heavy (non-hydrogen) atoms. The maximum absolute atomic E-state index is 14.0. The Labute approximate surface area is 259 Å². The number of carbonyl (C=O) groups is 2. The first-order chi connectivity index (χ1) is 20.8. The molecule has 0 radical (unpaired) electrons. The number of hydrogen-bond acceptors (Lipinski definition) is 7. The van der Waals surface area contributed by atoms with Gasteiger partial charge in [-0.05, 0) is 109 Å². The number of nitrogens with zero attached hydrogens (tertiary/aromatic N) is 1. The molecule has 6 nitrogen and oxygen atoms in total. The van der Waals surface area contributed by atoms with Crippen molar-refractivity contribution in [3.63, 3.8) is 0 Å². The van der Waals surface area contributed by atoms with Crippen molar-refractivity contribution in [2.24, 2.45) is 5.92 Å². The highest BCUT2D eigenvalue weighted by molar-refractivity contribution is 7.22. The molecule has 8 heteroatoms. The van der Waals surface area contributed by atoms with E-state index in [2.05, 4.69) is 11.8 Å². The largest absolute Gasteiger partial charge is 0.508 e. The molecule has 1 atom stereocenters. The molecule has 5 aromatic rings. The fraction of sp³-hybridized carbons (Fsp3) is 0.200. The van der Waals surface area contributed by atoms with Gasteiger partial charge in [-0.25, -0.2) is 4.79 Å². The molecule has 1 aromatic heterocycles. The third-order valence-corrected chi connectivity index (χ3v) is 9.03. The van der Waals surface area contributed by atoms with Gasteiger partial charge >= 0.3 is 5.97 Å². The molecule has 1 unspecified atom stereocenters. The van der Waals surface area contributed by atoms with E-state index in [4.69, 9.17) is 21.1 Å². The summed E-state index contributed by atoms with van der Waals surface area (Å²) >= 11 is 7.46. The van der Waals surface area contributed by atoms with Gasteiger partial charge in [0.1, 0.15) is 23.9 Å². The second-order valence-electron chi connectivity index (χ2n) is 10.8. The Bertz CT molecular complexity index is 1780. The number of aromatic hydroxyl groups is 1. The van der Waals surface area contributed by atoms with Gasteiger partial charge in [-0.15, -0.1) is 11.3 Å². The molecule has 2 heterocycles. The summed E-state index contributed by atoms with van der Waals surface area (Å²) in [5.41, 5.74) is 2.24. The SMILES string of the molecule is CC1CCN(CCOc2ccc(C(=O)c3c(-c4ccc(O)cc4)sc4cc(OC(=O)c5cccc(Cl)c5)ccc34)cc2)C1. The van der Waals surface area contributed by atoms with Crippen LogP contribution in [0.1, 0.15) is 39.6 Å². The van der Waals surface area contributed by atoms with Crippen molar-refractivity contribution in [2.75, 3.05) is 26.2 Å². The number of thiophene rings is 1. The quantitative estimate of drug-likeness (QED) is 0.103. The van der Waals surface area contributed by atoms with Crippen molar-refractivity contribution in [3.8, 4) is 27.7 Å². The predicted molar refractivity (Wildman–Crippen MR) is 171 cm³/mol. The summed E-state index contributed by atoms with van der Waals surface area (Å²) in [5, 5.41) is 11.1. The second kappa shape index (κ2) is 12.6. The lowest BCUT2D eigenvalue weighted by atomic mass is 9.97. The summed E-state index contributed by atoms with van der Waals surface area (Å²) in [6.45, 7) is 5.99. The number of likely N-dealkylation sites (tertiary alicyclic amines) is 1. The van der Waals surface area contributed by atoms with E-state index in [1.165, 1.54) is 17.8 Å². The van der Waals surface area contributed by atoms with Crippen LogP contribution in [0.2, 0.25) is 5.02 Å². The van der Waals surface area contributed by atoms with Crippen LogP contribution in [-0.2, 0) is 0 Å². The number of carbonyl (C=O) groups excluding carboxylic acids is 2. The standard InChI is InChI=1S/C35H30ClNO5S/c1-22-15-16-37(21-22)17-18-41-28-11-7-23(8-12-28)33(39)32-30-14-13-29(42-35(40)25-3-2-4-26(36)19-25)20-31(30)43-34(32)24-5-9-27(38)10-6-24/h2-14,19-20,22,38H,15-18,21H2,1H3. The number of hydrogen-bond donors (Lipinski definition) is 1. The summed E-state index contributed by atoms with van der Waals surface area (Å²) < 4.78 is 12.4. The first-order valence-electron chi connectivity index (χ1n) is 14.2. The molecular weight excluding hydrogens is 582 g/mol. The Balaban J connectivity index is 1.26. The Morgan fingerprint density at radius 2 is 1.72 bits per heavy atom. The molecule has 6 rings (SSSR count). The van der Waals surface area contributed by atoms with Gasteiger partial charge in [-0.3, -0.25) is 9.69 Å². The third kappa shape index (κ3) is 6.59. The highest BCUT2D eigenvalue weighted by Crippen LogP contribution is 2.42. The predicted octanol–water partition coefficient (Wildman–Crippen LogP) is 8.10. The third-order valence-electron chi connectivity index (χ3n) is 7.59. The number of phenols is 1. The number of rotatable bonds is 9. The first kappa shape index (κ1) is 28.9. The van der Waals surface area contributed by atoms with Crippen molar-refractivity contribution >= 4 is 44.8 Å². The normalized spacial score (nSPS) is 15.1. The van der Waals surface area contributed by atoms with Gasteiger partial charge in [-0.2, -0.15) is 0 Å². The van der Waals surface area contributed by atoms with Crippen LogP contribution in [0.5, 0.6) is 17.2 Å². The molecule has 0 saturated carbocycles. The Hall–Kier alpha value is -4.17. The van der Waals surface area contributed by atoms with E-state index in [1.54, 1.807) is 78.9 Å². The van der Waals surface area contributed by atoms with Gasteiger partial charge in [0.15, 0.2) is 5.78 Å². The Kier molecular flexibility index (Phi) is 8.47. The van der Waals surface area contributed by atoms with Crippen molar-refractivity contribution in [2.45, 2.75) is 13.3 Å². The molecule has 218 valence electrons. The van der Waals surface area contributed by atoms with Crippen LogP contribution < -0.4 is 9.47 Å². The Morgan fingerprint density at radius 1 is 0.953 bits per heavy atom. The first-order valence-corrected chi connectivity index (χ1v) is 15.4. The van der Waals surface area contributed by atoms with E-state index in [-0.39, 0.29) is 11.5 Å². The maximum Gasteiger partial charge on any atom is 0.343 e. The van der Waals surface area contributed by atoms with Gasteiger partial charge < -0.3 is 14.6 Å². The van der Waals surface area contributed by atoms with E-state index in [0.29, 0.717) is 34.1 Å². The van der Waals surface area contributed by atoms with Crippen LogP contribution in [0, 0.1) is 5.92 Å². The lowest BCUT2D eigenvalue weighted by molar-refractivity contribution is 0.0734. The van der Waals surface area contributed by atoms with E-state index < -0.39 is 5.97 Å². The number of benzene rings is 4. The zero-order valence-electron chi connectivity index (χ0n) is 23.6. The van der Waals surface area contributed by atoms with Gasteiger partial charge in [0.05, 0.1) is 5.56 Å².